The maximum absolute atomic E-state index is 10.4. The van der Waals surface area contributed by atoms with Gasteiger partial charge in [-0.3, -0.25) is 4.55 Å². The van der Waals surface area contributed by atoms with Gasteiger partial charge in [-0.1, -0.05) is 0 Å². The molecule has 0 aromatic heterocycles. The van der Waals surface area contributed by atoms with Crippen LogP contribution in [0.2, 0.25) is 0 Å². The quantitative estimate of drug-likeness (QED) is 0.246. The lowest BCUT2D eigenvalue weighted by Crippen LogP contribution is -2.48. The Morgan fingerprint density at radius 3 is 2.12 bits per heavy atom. The van der Waals surface area contributed by atoms with E-state index in [1.165, 1.54) is 0 Å². The van der Waals surface area contributed by atoms with Gasteiger partial charge in [0.1, 0.15) is 11.4 Å². The molecule has 1 atom stereocenters. The minimum Gasteiger partial charge on any atom is -0.393 e. The topological polar surface area (TPSA) is 147 Å². The second-order valence-corrected chi connectivity index (χ2v) is 5.07. The van der Waals surface area contributed by atoms with Crippen molar-refractivity contribution in [2.75, 3.05) is 32.1 Å². The molecule has 6 N–H and O–H groups in total. The van der Waals surface area contributed by atoms with Gasteiger partial charge >= 0.3 is 0 Å². The second-order valence-electron chi connectivity index (χ2n) is 3.57. The summed E-state index contributed by atoms with van der Waals surface area (Å²) in [5, 5.41) is 38.3. The lowest BCUT2D eigenvalue weighted by Gasteiger charge is -2.24. The summed E-state index contributed by atoms with van der Waals surface area (Å²) < 4.78 is 29.1. The van der Waals surface area contributed by atoms with E-state index in [2.05, 4.69) is 5.32 Å². The Bertz CT molecular complexity index is 287. The molecule has 0 saturated heterocycles. The molecule has 0 bridgehead atoms. The van der Waals surface area contributed by atoms with Crippen LogP contribution >= 0.6 is 0 Å². The van der Waals surface area contributed by atoms with Crippen molar-refractivity contribution >= 4 is 10.1 Å². The highest BCUT2D eigenvalue weighted by Crippen LogP contribution is 1.99. The summed E-state index contributed by atoms with van der Waals surface area (Å²) in [4.78, 5) is 0. The Hall–Kier alpha value is -0.290. The number of hydrogen-bond acceptors (Lipinski definition) is 7. The fourth-order valence-corrected chi connectivity index (χ4v) is 1.54. The molecular formula is C7H17NO7S. The molecule has 98 valence electrons. The maximum Gasteiger partial charge on any atom is 0.267 e. The van der Waals surface area contributed by atoms with Crippen LogP contribution in [0.3, 0.4) is 0 Å². The fraction of sp³-hybridized carbons (Fsp3) is 1.00. The van der Waals surface area contributed by atoms with E-state index in [1.54, 1.807) is 0 Å². The molecule has 0 rings (SSSR count). The van der Waals surface area contributed by atoms with Crippen LogP contribution in [-0.2, 0) is 10.1 Å². The largest absolute Gasteiger partial charge is 0.393 e. The van der Waals surface area contributed by atoms with Gasteiger partial charge in [0.05, 0.1) is 19.3 Å². The number of rotatable bonds is 8. The zero-order chi connectivity index (χ0) is 12.8. The van der Waals surface area contributed by atoms with Crippen LogP contribution in [0.4, 0.5) is 0 Å². The van der Waals surface area contributed by atoms with E-state index in [4.69, 9.17) is 19.9 Å². The third-order valence-electron chi connectivity index (χ3n) is 1.83. The van der Waals surface area contributed by atoms with Gasteiger partial charge in [0, 0.05) is 13.1 Å². The molecule has 9 heteroatoms. The highest BCUT2D eigenvalue weighted by Gasteiger charge is 2.25. The number of aliphatic hydroxyl groups excluding tert-OH is 3. The fourth-order valence-electron chi connectivity index (χ4n) is 0.935. The van der Waals surface area contributed by atoms with Gasteiger partial charge in [-0.25, -0.2) is 0 Å². The van der Waals surface area contributed by atoms with Gasteiger partial charge in [0.15, 0.2) is 0 Å². The van der Waals surface area contributed by atoms with E-state index in [0.29, 0.717) is 0 Å². The Morgan fingerprint density at radius 2 is 1.75 bits per heavy atom. The number of hydrogen-bond donors (Lipinski definition) is 6. The van der Waals surface area contributed by atoms with Crippen LogP contribution < -0.4 is 5.32 Å². The van der Waals surface area contributed by atoms with Gasteiger partial charge in [0.25, 0.3) is 10.1 Å². The first-order valence-electron chi connectivity index (χ1n) is 4.50. The summed E-state index contributed by atoms with van der Waals surface area (Å²) in [5.41, 5.74) is -1.72. The molecule has 16 heavy (non-hydrogen) atoms. The molecule has 0 saturated carbocycles. The molecule has 0 heterocycles. The molecular weight excluding hydrogens is 242 g/mol. The van der Waals surface area contributed by atoms with Crippen LogP contribution in [0.5, 0.6) is 0 Å². The Morgan fingerprint density at radius 1 is 1.25 bits per heavy atom. The van der Waals surface area contributed by atoms with Gasteiger partial charge in [-0.05, 0) is 0 Å². The van der Waals surface area contributed by atoms with E-state index < -0.39 is 40.8 Å². The summed E-state index contributed by atoms with van der Waals surface area (Å²) in [6.07, 6.45) is -1.34. The SMILES string of the molecule is O=S(=O)(O)C[C@H](O)CNCC(O)(CO)CO. The Kier molecular flexibility index (Phi) is 6.33. The van der Waals surface area contributed by atoms with Crippen LogP contribution in [-0.4, -0.2) is 77.2 Å². The summed E-state index contributed by atoms with van der Waals surface area (Å²) in [6, 6.07) is 0. The van der Waals surface area contributed by atoms with Crippen LogP contribution in [0.25, 0.3) is 0 Å². The zero-order valence-electron chi connectivity index (χ0n) is 8.57. The third-order valence-corrected chi connectivity index (χ3v) is 2.63. The molecule has 0 aromatic rings. The van der Waals surface area contributed by atoms with Crippen LogP contribution in [0, 0.1) is 0 Å². The van der Waals surface area contributed by atoms with Crippen molar-refractivity contribution in [3.63, 3.8) is 0 Å². The lowest BCUT2D eigenvalue weighted by molar-refractivity contribution is -0.0537. The molecule has 0 aromatic carbocycles. The molecule has 0 radical (unpaired) electrons. The minimum atomic E-state index is -4.25. The third kappa shape index (κ3) is 7.06. The normalized spacial score (nSPS) is 15.1. The lowest BCUT2D eigenvalue weighted by atomic mass is 10.1. The highest BCUT2D eigenvalue weighted by atomic mass is 32.2. The Labute approximate surface area is 93.3 Å². The Balaban J connectivity index is 3.90. The minimum absolute atomic E-state index is 0.206. The molecule has 0 aliphatic carbocycles. The molecule has 0 unspecified atom stereocenters. The molecule has 0 spiro atoms. The summed E-state index contributed by atoms with van der Waals surface area (Å²) in [7, 11) is -4.25. The van der Waals surface area contributed by atoms with Crippen molar-refractivity contribution in [2.45, 2.75) is 11.7 Å². The average Bonchev–Trinajstić information content (AvgIpc) is 2.14. The number of aliphatic hydroxyl groups is 4. The van der Waals surface area contributed by atoms with E-state index >= 15 is 0 Å². The van der Waals surface area contributed by atoms with E-state index in [0.717, 1.165) is 0 Å². The molecule has 0 amide bonds. The zero-order valence-corrected chi connectivity index (χ0v) is 9.39. The monoisotopic (exact) mass is 259 g/mol. The van der Waals surface area contributed by atoms with E-state index in [-0.39, 0.29) is 13.1 Å². The van der Waals surface area contributed by atoms with Crippen molar-refractivity contribution in [2.24, 2.45) is 0 Å². The van der Waals surface area contributed by atoms with Crippen molar-refractivity contribution in [1.82, 2.24) is 5.32 Å². The van der Waals surface area contributed by atoms with Gasteiger partial charge in [0.2, 0.25) is 0 Å². The molecule has 8 nitrogen and oxygen atoms in total. The van der Waals surface area contributed by atoms with Crippen molar-refractivity contribution in [1.29, 1.82) is 0 Å². The average molecular weight is 259 g/mol. The smallest absolute Gasteiger partial charge is 0.267 e. The second kappa shape index (κ2) is 6.45. The van der Waals surface area contributed by atoms with Crippen molar-refractivity contribution in [3.8, 4) is 0 Å². The first-order chi connectivity index (χ1) is 7.22. The van der Waals surface area contributed by atoms with E-state index in [9.17, 15) is 13.5 Å². The number of nitrogens with one attached hydrogen (secondary N) is 1. The van der Waals surface area contributed by atoms with Gasteiger partial charge < -0.3 is 25.7 Å². The van der Waals surface area contributed by atoms with Gasteiger partial charge in [-0.15, -0.1) is 0 Å². The molecule has 0 fully saturated rings. The molecule has 0 aliphatic rings. The first kappa shape index (κ1) is 15.7. The summed E-state index contributed by atoms with van der Waals surface area (Å²) in [6.45, 7) is -1.78. The highest BCUT2D eigenvalue weighted by molar-refractivity contribution is 7.85. The van der Waals surface area contributed by atoms with E-state index in [1.807, 2.05) is 0 Å². The van der Waals surface area contributed by atoms with Gasteiger partial charge in [-0.2, -0.15) is 8.42 Å². The van der Waals surface area contributed by atoms with Crippen molar-refractivity contribution < 1.29 is 33.4 Å². The van der Waals surface area contributed by atoms with Crippen LogP contribution in [0.15, 0.2) is 0 Å². The standard InChI is InChI=1S/C7H17NO7S/c9-4-7(12,5-10)3-8-1-6(11)2-16(13,14)15/h6,8-12H,1-5H2,(H,13,14,15)/t6-/m1/s1. The summed E-state index contributed by atoms with van der Waals surface area (Å²) in [5.74, 6) is -0.823. The van der Waals surface area contributed by atoms with Crippen molar-refractivity contribution in [3.05, 3.63) is 0 Å². The first-order valence-corrected chi connectivity index (χ1v) is 6.11. The predicted molar refractivity (Wildman–Crippen MR) is 54.4 cm³/mol. The van der Waals surface area contributed by atoms with Crippen LogP contribution in [0.1, 0.15) is 0 Å². The molecule has 0 aliphatic heterocycles. The predicted octanol–water partition coefficient (Wildman–Crippen LogP) is -3.46. The summed E-state index contributed by atoms with van der Waals surface area (Å²) >= 11 is 0. The maximum atomic E-state index is 10.4.